The van der Waals surface area contributed by atoms with Crippen molar-refractivity contribution in [3.63, 3.8) is 0 Å². The Morgan fingerprint density at radius 1 is 1.00 bits per heavy atom. The number of rotatable bonds is 5. The molecule has 1 amide bonds. The molecule has 0 spiro atoms. The van der Waals surface area contributed by atoms with E-state index in [1.54, 1.807) is 46.2 Å². The molecule has 1 N–H and O–H groups in total. The lowest BCUT2D eigenvalue weighted by Crippen LogP contribution is -2.17. The van der Waals surface area contributed by atoms with Gasteiger partial charge in [0.25, 0.3) is 5.91 Å². The largest absolute Gasteiger partial charge is 0.307 e. The maximum absolute atomic E-state index is 12.7. The van der Waals surface area contributed by atoms with Crippen LogP contribution in [0, 0.1) is 0 Å². The third-order valence-corrected chi connectivity index (χ3v) is 4.86. The fraction of sp³-hybridized carbons (Fsp3) is 0.217. The molecule has 0 saturated carbocycles. The molecule has 0 aliphatic heterocycles. The van der Waals surface area contributed by atoms with Gasteiger partial charge >= 0.3 is 0 Å². The van der Waals surface area contributed by atoms with Crippen LogP contribution in [-0.4, -0.2) is 30.5 Å². The molecule has 0 atom stereocenters. The SMILES string of the molecule is CC(C)(C)c1ccc(Cn2nccc2NC(=O)c2ccc(-n3cccn3)nc2)cc1. The highest BCUT2D eigenvalue weighted by Gasteiger charge is 2.14. The third-order valence-electron chi connectivity index (χ3n) is 4.86. The second kappa shape index (κ2) is 7.94. The van der Waals surface area contributed by atoms with E-state index in [9.17, 15) is 4.79 Å². The van der Waals surface area contributed by atoms with E-state index < -0.39 is 0 Å². The van der Waals surface area contributed by atoms with Gasteiger partial charge in [-0.15, -0.1) is 0 Å². The lowest BCUT2D eigenvalue weighted by molar-refractivity contribution is 0.102. The van der Waals surface area contributed by atoms with Gasteiger partial charge in [-0.25, -0.2) is 14.3 Å². The van der Waals surface area contributed by atoms with E-state index in [1.807, 2.05) is 6.07 Å². The number of carbonyl (C=O) groups is 1. The zero-order chi connectivity index (χ0) is 21.1. The van der Waals surface area contributed by atoms with E-state index in [-0.39, 0.29) is 11.3 Å². The van der Waals surface area contributed by atoms with Crippen LogP contribution in [0.1, 0.15) is 42.3 Å². The van der Waals surface area contributed by atoms with E-state index >= 15 is 0 Å². The van der Waals surface area contributed by atoms with Gasteiger partial charge in [0.05, 0.1) is 18.3 Å². The minimum atomic E-state index is -0.237. The summed E-state index contributed by atoms with van der Waals surface area (Å²) in [6.45, 7) is 7.16. The number of pyridine rings is 1. The van der Waals surface area contributed by atoms with Crippen molar-refractivity contribution in [3.8, 4) is 5.82 Å². The molecular weight excluding hydrogens is 376 g/mol. The first kappa shape index (κ1) is 19.6. The van der Waals surface area contributed by atoms with Crippen molar-refractivity contribution in [2.24, 2.45) is 0 Å². The lowest BCUT2D eigenvalue weighted by Gasteiger charge is -2.19. The van der Waals surface area contributed by atoms with Crippen molar-refractivity contribution in [1.82, 2.24) is 24.5 Å². The van der Waals surface area contributed by atoms with E-state index in [0.717, 1.165) is 5.56 Å². The third kappa shape index (κ3) is 4.30. The maximum atomic E-state index is 12.7. The summed E-state index contributed by atoms with van der Waals surface area (Å²) in [7, 11) is 0. The quantitative estimate of drug-likeness (QED) is 0.548. The number of aromatic nitrogens is 5. The summed E-state index contributed by atoms with van der Waals surface area (Å²) in [6.07, 6.45) is 6.70. The van der Waals surface area contributed by atoms with Crippen LogP contribution >= 0.6 is 0 Å². The number of benzene rings is 1. The molecule has 0 bridgehead atoms. The highest BCUT2D eigenvalue weighted by atomic mass is 16.1. The van der Waals surface area contributed by atoms with Gasteiger partial charge in [0, 0.05) is 24.7 Å². The molecule has 3 aromatic heterocycles. The summed E-state index contributed by atoms with van der Waals surface area (Å²) < 4.78 is 3.41. The molecule has 0 fully saturated rings. The standard InChI is InChI=1S/C23H24N6O/c1-23(2,3)19-8-5-17(6-9-19)16-29-21(11-13-26-29)27-22(30)18-7-10-20(24-15-18)28-14-4-12-25-28/h4-15H,16H2,1-3H3,(H,27,30). The predicted molar refractivity (Wildman–Crippen MR) is 116 cm³/mol. The highest BCUT2D eigenvalue weighted by molar-refractivity contribution is 6.03. The Kier molecular flexibility index (Phi) is 5.18. The Bertz CT molecular complexity index is 1120. The van der Waals surface area contributed by atoms with Gasteiger partial charge in [-0.3, -0.25) is 4.79 Å². The number of anilines is 1. The molecule has 0 aliphatic carbocycles. The molecule has 152 valence electrons. The lowest BCUT2D eigenvalue weighted by atomic mass is 9.87. The Balaban J connectivity index is 1.45. The first-order valence-electron chi connectivity index (χ1n) is 9.79. The van der Waals surface area contributed by atoms with Gasteiger partial charge in [-0.2, -0.15) is 10.2 Å². The van der Waals surface area contributed by atoms with Gasteiger partial charge in [-0.05, 0) is 34.7 Å². The van der Waals surface area contributed by atoms with E-state index in [4.69, 9.17) is 0 Å². The molecule has 0 saturated heterocycles. The second-order valence-electron chi connectivity index (χ2n) is 8.13. The molecular formula is C23H24N6O. The second-order valence-corrected chi connectivity index (χ2v) is 8.13. The van der Waals surface area contributed by atoms with Gasteiger partial charge in [0.15, 0.2) is 5.82 Å². The predicted octanol–water partition coefficient (Wildman–Crippen LogP) is 4.06. The zero-order valence-electron chi connectivity index (χ0n) is 17.3. The summed E-state index contributed by atoms with van der Waals surface area (Å²) >= 11 is 0. The van der Waals surface area contributed by atoms with E-state index in [0.29, 0.717) is 23.7 Å². The molecule has 0 aliphatic rings. The topological polar surface area (TPSA) is 77.6 Å². The van der Waals surface area contributed by atoms with Crippen molar-refractivity contribution >= 4 is 11.7 Å². The molecule has 4 rings (SSSR count). The molecule has 0 unspecified atom stereocenters. The monoisotopic (exact) mass is 400 g/mol. The molecule has 1 aromatic carbocycles. The van der Waals surface area contributed by atoms with Crippen molar-refractivity contribution < 1.29 is 4.79 Å². The van der Waals surface area contributed by atoms with Gasteiger partial charge < -0.3 is 5.32 Å². The minimum Gasteiger partial charge on any atom is -0.307 e. The fourth-order valence-electron chi connectivity index (χ4n) is 3.10. The number of nitrogens with zero attached hydrogens (tertiary/aromatic N) is 5. The molecule has 0 radical (unpaired) electrons. The molecule has 30 heavy (non-hydrogen) atoms. The van der Waals surface area contributed by atoms with Crippen molar-refractivity contribution in [2.75, 3.05) is 5.32 Å². The average molecular weight is 400 g/mol. The van der Waals surface area contributed by atoms with Crippen molar-refractivity contribution in [3.05, 3.63) is 90.0 Å². The summed E-state index contributed by atoms with van der Waals surface area (Å²) in [5.41, 5.74) is 2.98. The Labute approximate surface area is 175 Å². The fourth-order valence-corrected chi connectivity index (χ4v) is 3.10. The highest BCUT2D eigenvalue weighted by Crippen LogP contribution is 2.22. The van der Waals surface area contributed by atoms with E-state index in [1.165, 1.54) is 11.8 Å². The van der Waals surface area contributed by atoms with Crippen LogP contribution in [-0.2, 0) is 12.0 Å². The van der Waals surface area contributed by atoms with Crippen molar-refractivity contribution in [2.45, 2.75) is 32.7 Å². The van der Waals surface area contributed by atoms with Crippen LogP contribution < -0.4 is 5.32 Å². The minimum absolute atomic E-state index is 0.115. The number of amides is 1. The number of nitrogens with one attached hydrogen (secondary N) is 1. The van der Waals surface area contributed by atoms with Crippen LogP contribution in [0.3, 0.4) is 0 Å². The summed E-state index contributed by atoms with van der Waals surface area (Å²) in [6, 6.07) is 15.6. The molecule has 7 nitrogen and oxygen atoms in total. The maximum Gasteiger partial charge on any atom is 0.258 e. The summed E-state index contributed by atoms with van der Waals surface area (Å²) in [5, 5.41) is 11.4. The molecule has 3 heterocycles. The van der Waals surface area contributed by atoms with E-state index in [2.05, 4.69) is 65.5 Å². The van der Waals surface area contributed by atoms with Gasteiger partial charge in [0.2, 0.25) is 0 Å². The normalized spacial score (nSPS) is 11.4. The van der Waals surface area contributed by atoms with Crippen LogP contribution in [0.4, 0.5) is 5.82 Å². The van der Waals surface area contributed by atoms with Gasteiger partial charge in [0.1, 0.15) is 5.82 Å². The zero-order valence-corrected chi connectivity index (χ0v) is 17.3. The molecule has 7 heteroatoms. The Morgan fingerprint density at radius 2 is 1.80 bits per heavy atom. The first-order chi connectivity index (χ1) is 14.4. The number of hydrogen-bond acceptors (Lipinski definition) is 4. The summed E-state index contributed by atoms with van der Waals surface area (Å²) in [4.78, 5) is 17.0. The average Bonchev–Trinajstić information content (AvgIpc) is 3.41. The number of hydrogen-bond donors (Lipinski definition) is 1. The Hall–Kier alpha value is -3.74. The van der Waals surface area contributed by atoms with Crippen molar-refractivity contribution in [1.29, 1.82) is 0 Å². The Morgan fingerprint density at radius 3 is 2.43 bits per heavy atom. The first-order valence-corrected chi connectivity index (χ1v) is 9.79. The smallest absolute Gasteiger partial charge is 0.258 e. The van der Waals surface area contributed by atoms with Crippen LogP contribution in [0.15, 0.2) is 73.3 Å². The summed E-state index contributed by atoms with van der Waals surface area (Å²) in [5.74, 6) is 1.05. The van der Waals surface area contributed by atoms with Crippen LogP contribution in [0.2, 0.25) is 0 Å². The molecule has 4 aromatic rings. The number of carbonyl (C=O) groups excluding carboxylic acids is 1. The van der Waals surface area contributed by atoms with Gasteiger partial charge in [-0.1, -0.05) is 45.0 Å². The van der Waals surface area contributed by atoms with Crippen LogP contribution in [0.25, 0.3) is 5.82 Å². The van der Waals surface area contributed by atoms with Crippen LogP contribution in [0.5, 0.6) is 0 Å².